The molecule has 1 N–H and O–H groups in total. The van der Waals surface area contributed by atoms with Gasteiger partial charge in [-0.1, -0.05) is 23.7 Å². The van der Waals surface area contributed by atoms with Crippen molar-refractivity contribution in [2.45, 2.75) is 5.75 Å². The largest absolute Gasteiger partial charge is 0.449 e. The summed E-state index contributed by atoms with van der Waals surface area (Å²) in [6.07, 6.45) is 0. The molecular weight excluding hydrogens is 432 g/mol. The topological polar surface area (TPSA) is 71.8 Å². The Kier molecular flexibility index (Phi) is 6.44. The summed E-state index contributed by atoms with van der Waals surface area (Å²) < 4.78 is 11.9. The molecule has 9 heteroatoms. The SMILES string of the molecule is O=C(CSCc1ccc(Cl)s1)Nc1c(C(=O)N2CCOCC2)oc2ccccc12. The van der Waals surface area contributed by atoms with Crippen molar-refractivity contribution in [3.05, 3.63) is 51.4 Å². The molecule has 0 bridgehead atoms. The van der Waals surface area contributed by atoms with Crippen molar-refractivity contribution < 1.29 is 18.7 Å². The van der Waals surface area contributed by atoms with E-state index in [0.717, 1.165) is 9.21 Å². The van der Waals surface area contributed by atoms with Gasteiger partial charge < -0.3 is 19.4 Å². The second kappa shape index (κ2) is 9.21. The van der Waals surface area contributed by atoms with Crippen LogP contribution < -0.4 is 5.32 Å². The Morgan fingerprint density at radius 3 is 2.72 bits per heavy atom. The highest BCUT2D eigenvalue weighted by molar-refractivity contribution is 7.99. The van der Waals surface area contributed by atoms with Crippen molar-refractivity contribution >= 4 is 63.2 Å². The number of nitrogens with one attached hydrogen (secondary N) is 1. The van der Waals surface area contributed by atoms with Gasteiger partial charge in [0.25, 0.3) is 5.91 Å². The Morgan fingerprint density at radius 2 is 1.97 bits per heavy atom. The number of anilines is 1. The molecule has 1 aliphatic heterocycles. The van der Waals surface area contributed by atoms with Gasteiger partial charge in [-0.3, -0.25) is 9.59 Å². The number of para-hydroxylation sites is 1. The van der Waals surface area contributed by atoms with Gasteiger partial charge in [0.15, 0.2) is 0 Å². The number of thiophene rings is 1. The fourth-order valence-corrected chi connectivity index (χ4v) is 5.11. The number of amides is 2. The predicted molar refractivity (Wildman–Crippen MR) is 117 cm³/mol. The van der Waals surface area contributed by atoms with Crippen LogP contribution in [-0.4, -0.2) is 48.8 Å². The average Bonchev–Trinajstić information content (AvgIpc) is 3.32. The maximum Gasteiger partial charge on any atom is 0.291 e. The first-order valence-electron chi connectivity index (χ1n) is 9.12. The van der Waals surface area contributed by atoms with Gasteiger partial charge in [0.1, 0.15) is 11.3 Å². The molecule has 3 aromatic rings. The molecular formula is C20H19ClN2O4S2. The molecule has 1 aliphatic rings. The number of benzene rings is 1. The molecule has 0 radical (unpaired) electrons. The van der Waals surface area contributed by atoms with Gasteiger partial charge in [-0.15, -0.1) is 23.1 Å². The first-order chi connectivity index (χ1) is 14.1. The maximum atomic E-state index is 13.0. The minimum Gasteiger partial charge on any atom is -0.449 e. The van der Waals surface area contributed by atoms with Gasteiger partial charge in [-0.05, 0) is 24.3 Å². The van der Waals surface area contributed by atoms with Crippen LogP contribution in [0.2, 0.25) is 4.34 Å². The second-order valence-electron chi connectivity index (χ2n) is 6.45. The third kappa shape index (κ3) is 4.78. The molecule has 2 aromatic heterocycles. The fourth-order valence-electron chi connectivity index (χ4n) is 3.08. The Morgan fingerprint density at radius 1 is 1.17 bits per heavy atom. The maximum absolute atomic E-state index is 13.0. The van der Waals surface area contributed by atoms with E-state index in [4.69, 9.17) is 20.8 Å². The number of carbonyl (C=O) groups is 2. The molecule has 29 heavy (non-hydrogen) atoms. The zero-order chi connectivity index (χ0) is 20.2. The number of thioether (sulfide) groups is 1. The molecule has 0 aliphatic carbocycles. The summed E-state index contributed by atoms with van der Waals surface area (Å²) >= 11 is 8.94. The zero-order valence-corrected chi connectivity index (χ0v) is 17.9. The molecule has 1 saturated heterocycles. The van der Waals surface area contributed by atoms with Gasteiger partial charge in [0.2, 0.25) is 11.7 Å². The van der Waals surface area contributed by atoms with E-state index in [9.17, 15) is 9.59 Å². The quantitative estimate of drug-likeness (QED) is 0.599. The number of ether oxygens (including phenoxy) is 1. The molecule has 0 spiro atoms. The van der Waals surface area contributed by atoms with E-state index in [2.05, 4.69) is 5.32 Å². The lowest BCUT2D eigenvalue weighted by Crippen LogP contribution is -2.40. The molecule has 1 aromatic carbocycles. The van der Waals surface area contributed by atoms with E-state index in [-0.39, 0.29) is 23.3 Å². The Balaban J connectivity index is 1.49. The number of hydrogen-bond donors (Lipinski definition) is 1. The molecule has 6 nitrogen and oxygen atoms in total. The molecule has 1 fully saturated rings. The minimum absolute atomic E-state index is 0.163. The van der Waals surface area contributed by atoms with Gasteiger partial charge in [-0.25, -0.2) is 0 Å². The van der Waals surface area contributed by atoms with E-state index in [0.29, 0.717) is 48.7 Å². The number of furan rings is 1. The molecule has 2 amide bonds. The Hall–Kier alpha value is -2.00. The number of fused-ring (bicyclic) bond motifs is 1. The normalized spacial score (nSPS) is 14.3. The van der Waals surface area contributed by atoms with Crippen molar-refractivity contribution in [3.8, 4) is 0 Å². The van der Waals surface area contributed by atoms with E-state index in [1.165, 1.54) is 23.1 Å². The van der Waals surface area contributed by atoms with E-state index in [1.54, 1.807) is 11.0 Å². The van der Waals surface area contributed by atoms with Crippen molar-refractivity contribution in [1.82, 2.24) is 4.90 Å². The lowest BCUT2D eigenvalue weighted by atomic mass is 10.2. The second-order valence-corrected chi connectivity index (χ2v) is 9.24. The average molecular weight is 451 g/mol. The predicted octanol–water partition coefficient (Wildman–Crippen LogP) is 4.49. The number of morpholine rings is 1. The summed E-state index contributed by atoms with van der Waals surface area (Å²) in [5, 5.41) is 3.61. The van der Waals surface area contributed by atoms with Crippen LogP contribution in [0.25, 0.3) is 11.0 Å². The van der Waals surface area contributed by atoms with Gasteiger partial charge >= 0.3 is 0 Å². The third-order valence-corrected chi connectivity index (χ3v) is 6.85. The van der Waals surface area contributed by atoms with Gasteiger partial charge in [0.05, 0.1) is 23.3 Å². The van der Waals surface area contributed by atoms with Crippen molar-refractivity contribution in [3.63, 3.8) is 0 Å². The number of nitrogens with zero attached hydrogens (tertiary/aromatic N) is 1. The van der Waals surface area contributed by atoms with E-state index in [1.807, 2.05) is 30.3 Å². The lowest BCUT2D eigenvalue weighted by Gasteiger charge is -2.26. The Bertz CT molecular complexity index is 1030. The van der Waals surface area contributed by atoms with Crippen LogP contribution in [0.4, 0.5) is 5.69 Å². The minimum atomic E-state index is -0.235. The number of halogens is 1. The molecule has 152 valence electrons. The third-order valence-electron chi connectivity index (χ3n) is 4.46. The summed E-state index contributed by atoms with van der Waals surface area (Å²) in [7, 11) is 0. The first-order valence-corrected chi connectivity index (χ1v) is 11.5. The smallest absolute Gasteiger partial charge is 0.291 e. The van der Waals surface area contributed by atoms with E-state index >= 15 is 0 Å². The van der Waals surface area contributed by atoms with Crippen LogP contribution in [0.1, 0.15) is 15.4 Å². The van der Waals surface area contributed by atoms with Crippen molar-refractivity contribution in [2.24, 2.45) is 0 Å². The number of hydrogen-bond acceptors (Lipinski definition) is 6. The monoisotopic (exact) mass is 450 g/mol. The summed E-state index contributed by atoms with van der Waals surface area (Å²) in [5.74, 6) is 0.717. The highest BCUT2D eigenvalue weighted by Crippen LogP contribution is 2.32. The summed E-state index contributed by atoms with van der Waals surface area (Å²) in [6.45, 7) is 2.00. The molecule has 0 unspecified atom stereocenters. The highest BCUT2D eigenvalue weighted by Gasteiger charge is 2.27. The van der Waals surface area contributed by atoms with Crippen molar-refractivity contribution in [1.29, 1.82) is 0 Å². The summed E-state index contributed by atoms with van der Waals surface area (Å²) in [5.41, 5.74) is 1.00. The van der Waals surface area contributed by atoms with Crippen LogP contribution in [-0.2, 0) is 15.3 Å². The van der Waals surface area contributed by atoms with Gasteiger partial charge in [0, 0.05) is 29.1 Å². The zero-order valence-electron chi connectivity index (χ0n) is 15.5. The Labute approximate surface area is 181 Å². The van der Waals surface area contributed by atoms with E-state index < -0.39 is 0 Å². The van der Waals surface area contributed by atoms with Crippen LogP contribution in [0.15, 0.2) is 40.8 Å². The molecule has 4 rings (SSSR count). The van der Waals surface area contributed by atoms with Gasteiger partial charge in [-0.2, -0.15) is 0 Å². The molecule has 0 atom stereocenters. The number of carbonyl (C=O) groups excluding carboxylic acids is 2. The molecule has 0 saturated carbocycles. The summed E-state index contributed by atoms with van der Waals surface area (Å²) in [6, 6.07) is 11.1. The van der Waals surface area contributed by atoms with Crippen LogP contribution >= 0.6 is 34.7 Å². The van der Waals surface area contributed by atoms with Crippen LogP contribution in [0.5, 0.6) is 0 Å². The first kappa shape index (κ1) is 20.3. The number of rotatable bonds is 6. The van der Waals surface area contributed by atoms with Crippen LogP contribution in [0.3, 0.4) is 0 Å². The molecule has 3 heterocycles. The van der Waals surface area contributed by atoms with Crippen molar-refractivity contribution in [2.75, 3.05) is 37.4 Å². The highest BCUT2D eigenvalue weighted by atomic mass is 35.5. The fraction of sp³-hybridized carbons (Fsp3) is 0.300. The lowest BCUT2D eigenvalue weighted by molar-refractivity contribution is -0.113. The summed E-state index contributed by atoms with van der Waals surface area (Å²) in [4.78, 5) is 28.3. The standard InChI is InChI=1S/C20H19ClN2O4S2/c21-16-6-5-13(29-16)11-28-12-17(24)22-18-14-3-1-2-4-15(14)27-19(18)20(25)23-7-9-26-10-8-23/h1-6H,7-12H2,(H,22,24). The van der Waals surface area contributed by atoms with Crippen LogP contribution in [0, 0.1) is 0 Å².